The van der Waals surface area contributed by atoms with Crippen molar-refractivity contribution in [3.8, 4) is 11.5 Å². The standard InChI is InChI=1S/C19H22N6O2S/c26-19(22-9-3-5-16-21-10-13-28-16)25-11-6-14(7-12-25)18-23-17(24-27-18)15-4-1-2-8-20-15/h1-2,4,8,10,13-14H,3,5-7,9,11-12H2,(H,22,26). The van der Waals surface area contributed by atoms with E-state index < -0.39 is 0 Å². The fourth-order valence-corrected chi connectivity index (χ4v) is 3.92. The third-order valence-corrected chi connectivity index (χ3v) is 5.63. The monoisotopic (exact) mass is 398 g/mol. The van der Waals surface area contributed by atoms with Crippen molar-refractivity contribution in [2.75, 3.05) is 19.6 Å². The maximum atomic E-state index is 12.3. The van der Waals surface area contributed by atoms with Crippen LogP contribution < -0.4 is 5.32 Å². The fourth-order valence-electron chi connectivity index (χ4n) is 3.25. The van der Waals surface area contributed by atoms with Crippen molar-refractivity contribution in [2.24, 2.45) is 0 Å². The molecule has 28 heavy (non-hydrogen) atoms. The first kappa shape index (κ1) is 18.5. The molecule has 3 aromatic rings. The van der Waals surface area contributed by atoms with Gasteiger partial charge < -0.3 is 14.7 Å². The molecule has 0 aliphatic carbocycles. The van der Waals surface area contributed by atoms with E-state index >= 15 is 0 Å². The number of urea groups is 1. The maximum Gasteiger partial charge on any atom is 0.317 e. The Kier molecular flexibility index (Phi) is 5.91. The summed E-state index contributed by atoms with van der Waals surface area (Å²) >= 11 is 1.65. The summed E-state index contributed by atoms with van der Waals surface area (Å²) < 4.78 is 5.44. The number of piperidine rings is 1. The Labute approximate surface area is 167 Å². The average molecular weight is 398 g/mol. The molecule has 2 amide bonds. The zero-order valence-corrected chi connectivity index (χ0v) is 16.3. The van der Waals surface area contributed by atoms with E-state index in [2.05, 4.69) is 25.4 Å². The van der Waals surface area contributed by atoms with E-state index in [-0.39, 0.29) is 11.9 Å². The summed E-state index contributed by atoms with van der Waals surface area (Å²) in [5.41, 5.74) is 0.701. The van der Waals surface area contributed by atoms with Crippen molar-refractivity contribution in [3.05, 3.63) is 46.9 Å². The minimum Gasteiger partial charge on any atom is -0.339 e. The SMILES string of the molecule is O=C(NCCCc1nccs1)N1CCC(c2nc(-c3ccccn3)no2)CC1. The highest BCUT2D eigenvalue weighted by atomic mass is 32.1. The van der Waals surface area contributed by atoms with Gasteiger partial charge in [-0.2, -0.15) is 4.98 Å². The van der Waals surface area contributed by atoms with E-state index in [1.165, 1.54) is 0 Å². The van der Waals surface area contributed by atoms with Crippen LogP contribution in [0.15, 0.2) is 40.5 Å². The molecule has 1 fully saturated rings. The van der Waals surface area contributed by atoms with Crippen LogP contribution in [0.2, 0.25) is 0 Å². The molecule has 4 rings (SSSR count). The Morgan fingerprint density at radius 3 is 2.89 bits per heavy atom. The van der Waals surface area contributed by atoms with Gasteiger partial charge in [-0.15, -0.1) is 11.3 Å². The molecule has 1 N–H and O–H groups in total. The number of aromatic nitrogens is 4. The number of nitrogens with zero attached hydrogens (tertiary/aromatic N) is 5. The average Bonchev–Trinajstić information content (AvgIpc) is 3.44. The number of nitrogens with one attached hydrogen (secondary N) is 1. The van der Waals surface area contributed by atoms with Gasteiger partial charge in [0.05, 0.1) is 5.01 Å². The van der Waals surface area contributed by atoms with E-state index in [0.29, 0.717) is 37.0 Å². The number of aryl methyl sites for hydroxylation is 1. The van der Waals surface area contributed by atoms with Crippen molar-refractivity contribution in [2.45, 2.75) is 31.6 Å². The quantitative estimate of drug-likeness (QED) is 0.641. The highest BCUT2D eigenvalue weighted by Crippen LogP contribution is 2.28. The first-order valence-electron chi connectivity index (χ1n) is 9.46. The molecule has 0 radical (unpaired) electrons. The molecule has 8 nitrogen and oxygen atoms in total. The van der Waals surface area contributed by atoms with E-state index in [1.807, 2.05) is 34.7 Å². The number of rotatable bonds is 6. The van der Waals surface area contributed by atoms with Gasteiger partial charge in [-0.05, 0) is 31.4 Å². The van der Waals surface area contributed by atoms with Gasteiger partial charge in [0, 0.05) is 49.7 Å². The molecule has 1 saturated heterocycles. The molecule has 4 heterocycles. The Balaban J connectivity index is 1.22. The molecule has 9 heteroatoms. The number of hydrogen-bond acceptors (Lipinski definition) is 7. The summed E-state index contributed by atoms with van der Waals surface area (Å²) in [6.45, 7) is 2.03. The van der Waals surface area contributed by atoms with Crippen LogP contribution in [0.3, 0.4) is 0 Å². The predicted octanol–water partition coefficient (Wildman–Crippen LogP) is 3.11. The first-order chi connectivity index (χ1) is 13.8. The largest absolute Gasteiger partial charge is 0.339 e. The van der Waals surface area contributed by atoms with Gasteiger partial charge in [0.1, 0.15) is 5.69 Å². The third kappa shape index (κ3) is 4.53. The second-order valence-corrected chi connectivity index (χ2v) is 7.67. The Morgan fingerprint density at radius 1 is 1.25 bits per heavy atom. The lowest BCUT2D eigenvalue weighted by Crippen LogP contribution is -2.44. The van der Waals surface area contributed by atoms with Crippen LogP contribution >= 0.6 is 11.3 Å². The minimum absolute atomic E-state index is 0.00251. The molecule has 0 unspecified atom stereocenters. The minimum atomic E-state index is -0.00251. The second kappa shape index (κ2) is 8.92. The fraction of sp³-hybridized carbons (Fsp3) is 0.421. The number of hydrogen-bond donors (Lipinski definition) is 1. The highest BCUT2D eigenvalue weighted by molar-refractivity contribution is 7.09. The zero-order valence-electron chi connectivity index (χ0n) is 15.5. The molecule has 3 aromatic heterocycles. The number of carbonyl (C=O) groups is 1. The summed E-state index contributed by atoms with van der Waals surface area (Å²) in [6.07, 6.45) is 6.95. The van der Waals surface area contributed by atoms with E-state index in [0.717, 1.165) is 30.7 Å². The van der Waals surface area contributed by atoms with Crippen molar-refractivity contribution < 1.29 is 9.32 Å². The van der Waals surface area contributed by atoms with Crippen LogP contribution in [0.25, 0.3) is 11.5 Å². The Bertz CT molecular complexity index is 875. The highest BCUT2D eigenvalue weighted by Gasteiger charge is 2.27. The molecule has 0 spiro atoms. The van der Waals surface area contributed by atoms with Gasteiger partial charge >= 0.3 is 6.03 Å². The number of carbonyl (C=O) groups excluding carboxylic acids is 1. The Hall–Kier alpha value is -2.81. The van der Waals surface area contributed by atoms with Crippen LogP contribution in [-0.4, -0.2) is 50.7 Å². The summed E-state index contributed by atoms with van der Waals surface area (Å²) in [5.74, 6) is 1.32. The molecule has 0 aromatic carbocycles. The van der Waals surface area contributed by atoms with E-state index in [4.69, 9.17) is 4.52 Å². The number of pyridine rings is 1. The topological polar surface area (TPSA) is 97.0 Å². The summed E-state index contributed by atoms with van der Waals surface area (Å²) in [5, 5.41) is 10.1. The lowest BCUT2D eigenvalue weighted by atomic mass is 9.97. The smallest absolute Gasteiger partial charge is 0.317 e. The lowest BCUT2D eigenvalue weighted by Gasteiger charge is -2.30. The third-order valence-electron chi connectivity index (χ3n) is 4.79. The van der Waals surface area contributed by atoms with Crippen molar-refractivity contribution in [1.82, 2.24) is 30.3 Å². The molecular formula is C19H22N6O2S. The lowest BCUT2D eigenvalue weighted by molar-refractivity contribution is 0.175. The van der Waals surface area contributed by atoms with Crippen LogP contribution in [0.4, 0.5) is 4.79 Å². The van der Waals surface area contributed by atoms with Gasteiger partial charge in [-0.3, -0.25) is 4.98 Å². The summed E-state index contributed by atoms with van der Waals surface area (Å²) in [4.78, 5) is 27.2. The summed E-state index contributed by atoms with van der Waals surface area (Å²) in [7, 11) is 0. The van der Waals surface area contributed by atoms with Gasteiger partial charge in [-0.1, -0.05) is 11.2 Å². The molecule has 1 aliphatic rings. The molecule has 1 aliphatic heterocycles. The van der Waals surface area contributed by atoms with Crippen molar-refractivity contribution >= 4 is 17.4 Å². The molecule has 0 atom stereocenters. The molecule has 0 bridgehead atoms. The number of thiazole rings is 1. The van der Waals surface area contributed by atoms with E-state index in [1.54, 1.807) is 17.5 Å². The number of amides is 2. The van der Waals surface area contributed by atoms with Crippen LogP contribution in [0.1, 0.15) is 36.1 Å². The number of likely N-dealkylation sites (tertiary alicyclic amines) is 1. The van der Waals surface area contributed by atoms with E-state index in [9.17, 15) is 4.79 Å². The van der Waals surface area contributed by atoms with Crippen LogP contribution in [0.5, 0.6) is 0 Å². The second-order valence-electron chi connectivity index (χ2n) is 6.69. The van der Waals surface area contributed by atoms with Gasteiger partial charge in [0.15, 0.2) is 0 Å². The van der Waals surface area contributed by atoms with Gasteiger partial charge in [-0.25, -0.2) is 9.78 Å². The molecule has 0 saturated carbocycles. The zero-order chi connectivity index (χ0) is 19.2. The van der Waals surface area contributed by atoms with Gasteiger partial charge in [0.2, 0.25) is 11.7 Å². The van der Waals surface area contributed by atoms with Crippen LogP contribution in [-0.2, 0) is 6.42 Å². The molecular weight excluding hydrogens is 376 g/mol. The normalized spacial score (nSPS) is 14.9. The van der Waals surface area contributed by atoms with Crippen LogP contribution in [0, 0.1) is 0 Å². The molecule has 146 valence electrons. The first-order valence-corrected chi connectivity index (χ1v) is 10.3. The summed E-state index contributed by atoms with van der Waals surface area (Å²) in [6, 6.07) is 5.60. The Morgan fingerprint density at radius 2 is 2.14 bits per heavy atom. The van der Waals surface area contributed by atoms with Crippen molar-refractivity contribution in [3.63, 3.8) is 0 Å². The predicted molar refractivity (Wildman–Crippen MR) is 105 cm³/mol. The van der Waals surface area contributed by atoms with Gasteiger partial charge in [0.25, 0.3) is 0 Å². The maximum absolute atomic E-state index is 12.3. The van der Waals surface area contributed by atoms with Crippen molar-refractivity contribution in [1.29, 1.82) is 0 Å².